The summed E-state index contributed by atoms with van der Waals surface area (Å²) < 4.78 is 34.9. The van der Waals surface area contributed by atoms with Crippen molar-refractivity contribution < 1.29 is 28.4 Å². The molecule has 7 rings (SSSR count). The van der Waals surface area contributed by atoms with Gasteiger partial charge in [0.25, 0.3) is 0 Å². The third-order valence-corrected chi connectivity index (χ3v) is 8.64. The molecule has 0 amide bonds. The van der Waals surface area contributed by atoms with Gasteiger partial charge in [-0.1, -0.05) is 62.4 Å². The maximum Gasteiger partial charge on any atom is 0.241 e. The third-order valence-electron chi connectivity index (χ3n) is 8.64. The van der Waals surface area contributed by atoms with Crippen LogP contribution in [0.2, 0.25) is 0 Å². The summed E-state index contributed by atoms with van der Waals surface area (Å²) in [6.45, 7) is 5.63. The maximum absolute atomic E-state index is 5.99. The van der Waals surface area contributed by atoms with Gasteiger partial charge < -0.3 is 28.4 Å². The topological polar surface area (TPSA) is 87.8 Å². The molecule has 0 spiro atoms. The van der Waals surface area contributed by atoms with Crippen molar-refractivity contribution in [3.63, 3.8) is 0 Å². The van der Waals surface area contributed by atoms with Crippen LogP contribution in [0.5, 0.6) is 34.8 Å². The van der Waals surface area contributed by atoms with Gasteiger partial charge in [0.15, 0.2) is 0 Å². The highest BCUT2D eigenvalue weighted by Crippen LogP contribution is 2.31. The molecule has 8 heteroatoms. The van der Waals surface area contributed by atoms with Crippen molar-refractivity contribution in [2.24, 2.45) is 0 Å². The van der Waals surface area contributed by atoms with Crippen molar-refractivity contribution in [3.05, 3.63) is 109 Å². The molecule has 4 aromatic carbocycles. The lowest BCUT2D eigenvalue weighted by molar-refractivity contribution is 0.280. The second-order valence-corrected chi connectivity index (χ2v) is 12.0. The van der Waals surface area contributed by atoms with Gasteiger partial charge >= 0.3 is 0 Å². The molecule has 246 valence electrons. The molecule has 3 heterocycles. The Hall–Kier alpha value is -4.92. The van der Waals surface area contributed by atoms with Crippen molar-refractivity contribution in [1.82, 2.24) is 9.97 Å². The second kappa shape index (κ2) is 14.9. The van der Waals surface area contributed by atoms with Crippen molar-refractivity contribution in [2.75, 3.05) is 13.2 Å². The van der Waals surface area contributed by atoms with E-state index in [4.69, 9.17) is 28.4 Å². The number of ether oxygens (including phenoxy) is 6. The lowest BCUT2D eigenvalue weighted by Gasteiger charge is -2.10. The zero-order valence-electron chi connectivity index (χ0n) is 27.3. The van der Waals surface area contributed by atoms with Gasteiger partial charge in [-0.2, -0.15) is 4.98 Å². The van der Waals surface area contributed by atoms with Crippen molar-refractivity contribution in [1.29, 1.82) is 0 Å². The van der Waals surface area contributed by atoms with Gasteiger partial charge in [0.1, 0.15) is 23.0 Å². The van der Waals surface area contributed by atoms with Crippen molar-refractivity contribution >= 4 is 0 Å². The zero-order valence-corrected chi connectivity index (χ0v) is 27.3. The largest absolute Gasteiger partial charge is 0.493 e. The molecule has 0 bridgehead atoms. The standard InChI is InChI=1S/C40H40N2O6/c1-3-35-37(47-35)21-23-43-31-13-5-27(6-14-31)29-9-17-33(18-10-29)45-39-25-41-26-40(42-39)46-34-19-11-30(12-20-34)28-7-15-32(16-8-28)44-24-22-38-36(4-2)48-38/h5-20,25-26,35-38H,3-4,21-24H2,1-2H3. The molecule has 1 aromatic heterocycles. The molecule has 0 radical (unpaired) electrons. The molecule has 4 atom stereocenters. The van der Waals surface area contributed by atoms with Crippen LogP contribution in [0.25, 0.3) is 22.3 Å². The number of rotatable bonds is 16. The Labute approximate surface area is 281 Å². The predicted molar refractivity (Wildman–Crippen MR) is 184 cm³/mol. The van der Waals surface area contributed by atoms with E-state index in [0.717, 1.165) is 59.4 Å². The fourth-order valence-electron chi connectivity index (χ4n) is 5.76. The number of benzene rings is 4. The molecule has 5 aromatic rings. The third kappa shape index (κ3) is 8.32. The van der Waals surface area contributed by atoms with Gasteiger partial charge in [-0.15, -0.1) is 0 Å². The van der Waals surface area contributed by atoms with E-state index in [1.807, 2.05) is 72.8 Å². The minimum absolute atomic E-state index is 0.345. The van der Waals surface area contributed by atoms with E-state index in [9.17, 15) is 0 Å². The van der Waals surface area contributed by atoms with Gasteiger partial charge in [-0.25, -0.2) is 0 Å². The van der Waals surface area contributed by atoms with Crippen LogP contribution >= 0.6 is 0 Å². The van der Waals surface area contributed by atoms with Gasteiger partial charge in [0.05, 0.1) is 50.0 Å². The summed E-state index contributed by atoms with van der Waals surface area (Å²) in [7, 11) is 0. The summed E-state index contributed by atoms with van der Waals surface area (Å²) in [5.41, 5.74) is 4.34. The molecule has 48 heavy (non-hydrogen) atoms. The van der Waals surface area contributed by atoms with Crippen LogP contribution in [0.1, 0.15) is 39.5 Å². The minimum Gasteiger partial charge on any atom is -0.493 e. The first kappa shape index (κ1) is 31.7. The fourth-order valence-corrected chi connectivity index (χ4v) is 5.76. The molecule has 2 fully saturated rings. The molecule has 8 nitrogen and oxygen atoms in total. The number of epoxide rings is 2. The molecule has 0 saturated carbocycles. The van der Waals surface area contributed by atoms with E-state index < -0.39 is 0 Å². The van der Waals surface area contributed by atoms with E-state index in [2.05, 4.69) is 48.1 Å². The van der Waals surface area contributed by atoms with Crippen LogP contribution in [-0.2, 0) is 9.47 Å². The van der Waals surface area contributed by atoms with Crippen molar-refractivity contribution in [3.8, 4) is 57.0 Å². The maximum atomic E-state index is 5.99. The Morgan fingerprint density at radius 1 is 0.479 bits per heavy atom. The lowest BCUT2D eigenvalue weighted by atomic mass is 10.1. The highest BCUT2D eigenvalue weighted by atomic mass is 16.6. The number of hydrogen-bond donors (Lipinski definition) is 0. The predicted octanol–water partition coefficient (Wildman–Crippen LogP) is 9.29. The van der Waals surface area contributed by atoms with E-state index in [1.54, 1.807) is 12.4 Å². The van der Waals surface area contributed by atoms with Crippen LogP contribution in [0.3, 0.4) is 0 Å². The van der Waals surface area contributed by atoms with E-state index >= 15 is 0 Å². The normalized spacial score (nSPS) is 19.4. The molecule has 0 N–H and O–H groups in total. The molecule has 2 aliphatic heterocycles. The van der Waals surface area contributed by atoms with E-state index in [-0.39, 0.29) is 0 Å². The van der Waals surface area contributed by atoms with E-state index in [0.29, 0.717) is 60.9 Å². The first-order valence-electron chi connectivity index (χ1n) is 16.8. The summed E-state index contributed by atoms with van der Waals surface area (Å²) >= 11 is 0. The fraction of sp³-hybridized carbons (Fsp3) is 0.300. The zero-order chi connectivity index (χ0) is 32.7. The Balaban J connectivity index is 0.884. The summed E-state index contributed by atoms with van der Waals surface area (Å²) in [5, 5.41) is 0. The van der Waals surface area contributed by atoms with Crippen LogP contribution in [0.15, 0.2) is 109 Å². The first-order valence-corrected chi connectivity index (χ1v) is 16.8. The van der Waals surface area contributed by atoms with Crippen molar-refractivity contribution in [2.45, 2.75) is 63.9 Å². The Morgan fingerprint density at radius 2 is 0.833 bits per heavy atom. The quantitative estimate of drug-likeness (QED) is 0.0983. The van der Waals surface area contributed by atoms with Crippen LogP contribution in [0, 0.1) is 0 Å². The summed E-state index contributed by atoms with van der Waals surface area (Å²) in [5.74, 6) is 3.72. The van der Waals surface area contributed by atoms with Crippen LogP contribution in [-0.4, -0.2) is 47.6 Å². The molecule has 4 unspecified atom stereocenters. The lowest BCUT2D eigenvalue weighted by Crippen LogP contribution is -2.03. The number of hydrogen-bond acceptors (Lipinski definition) is 8. The monoisotopic (exact) mass is 644 g/mol. The first-order chi connectivity index (χ1) is 23.6. The average Bonchev–Trinajstić information content (AvgIpc) is 4.06. The Bertz CT molecular complexity index is 1630. The van der Waals surface area contributed by atoms with Crippen LogP contribution < -0.4 is 18.9 Å². The average molecular weight is 645 g/mol. The Kier molecular flexibility index (Phi) is 9.82. The second-order valence-electron chi connectivity index (χ2n) is 12.0. The summed E-state index contributed by atoms with van der Waals surface area (Å²) in [6, 6.07) is 32.0. The SMILES string of the molecule is CCC1OC1CCOc1ccc(-c2ccc(Oc3cncc(Oc4ccc(-c5ccc(OCCC6OC6CC)cc5)cc4)n3)cc2)cc1. The highest BCUT2D eigenvalue weighted by Gasteiger charge is 2.37. The molecule has 2 saturated heterocycles. The number of aromatic nitrogens is 2. The Morgan fingerprint density at radius 3 is 1.17 bits per heavy atom. The van der Waals surface area contributed by atoms with E-state index in [1.165, 1.54) is 0 Å². The highest BCUT2D eigenvalue weighted by molar-refractivity contribution is 5.66. The molecular weight excluding hydrogens is 604 g/mol. The minimum atomic E-state index is 0.345. The van der Waals surface area contributed by atoms with Gasteiger partial charge in [-0.3, -0.25) is 4.98 Å². The summed E-state index contributed by atoms with van der Waals surface area (Å²) in [6.07, 6.45) is 8.67. The smallest absolute Gasteiger partial charge is 0.241 e. The number of nitrogens with zero attached hydrogens (tertiary/aromatic N) is 2. The summed E-state index contributed by atoms with van der Waals surface area (Å²) in [4.78, 5) is 8.75. The molecule has 2 aliphatic rings. The van der Waals surface area contributed by atoms with Gasteiger partial charge in [-0.05, 0) is 83.6 Å². The molecule has 0 aliphatic carbocycles. The van der Waals surface area contributed by atoms with Gasteiger partial charge in [0.2, 0.25) is 11.8 Å². The van der Waals surface area contributed by atoms with Crippen LogP contribution in [0.4, 0.5) is 0 Å². The molecular formula is C40H40N2O6. The van der Waals surface area contributed by atoms with Gasteiger partial charge in [0, 0.05) is 12.8 Å².